The third-order valence-corrected chi connectivity index (χ3v) is 3.42. The maximum atomic E-state index is 12.9. The second-order valence-corrected chi connectivity index (χ2v) is 4.90. The Balaban J connectivity index is 2.32. The number of nitrogens with zero attached hydrogens (tertiary/aromatic N) is 2. The maximum Gasteiger partial charge on any atom is 0.510 e. The largest absolute Gasteiger partial charge is 0.510 e. The van der Waals surface area contributed by atoms with Crippen molar-refractivity contribution in [2.24, 2.45) is 0 Å². The molecule has 0 saturated heterocycles. The summed E-state index contributed by atoms with van der Waals surface area (Å²) >= 11 is 0. The van der Waals surface area contributed by atoms with Gasteiger partial charge in [-0.3, -0.25) is 14.3 Å². The molecule has 138 valence electrons. The van der Waals surface area contributed by atoms with Crippen LogP contribution in [0.1, 0.15) is 17.4 Å². The molecule has 2 heterocycles. The van der Waals surface area contributed by atoms with E-state index >= 15 is 0 Å². The summed E-state index contributed by atoms with van der Waals surface area (Å²) in [6.07, 6.45) is -4.57. The number of pyridine rings is 1. The van der Waals surface area contributed by atoms with E-state index in [2.05, 4.69) is 14.9 Å². The van der Waals surface area contributed by atoms with Crippen molar-refractivity contribution in [1.29, 1.82) is 0 Å². The van der Waals surface area contributed by atoms with E-state index in [1.54, 1.807) is 0 Å². The van der Waals surface area contributed by atoms with Gasteiger partial charge in [0, 0.05) is 12.3 Å². The first-order valence-corrected chi connectivity index (χ1v) is 6.87. The van der Waals surface area contributed by atoms with Crippen LogP contribution in [0.15, 0.2) is 17.1 Å². The number of alkyl halides is 3. The van der Waals surface area contributed by atoms with E-state index < -0.39 is 54.6 Å². The Bertz CT molecular complexity index is 733. The van der Waals surface area contributed by atoms with Crippen molar-refractivity contribution >= 4 is 12.1 Å². The lowest BCUT2D eigenvalue weighted by molar-refractivity contribution is -0.172. The lowest BCUT2D eigenvalue weighted by Crippen LogP contribution is -2.54. The Morgan fingerprint density at radius 1 is 1.40 bits per heavy atom. The fourth-order valence-electron chi connectivity index (χ4n) is 2.04. The van der Waals surface area contributed by atoms with Crippen molar-refractivity contribution in [2.45, 2.75) is 19.1 Å². The van der Waals surface area contributed by atoms with Gasteiger partial charge in [0.05, 0.1) is 7.11 Å². The number of hydrogen-bond donors (Lipinski definition) is 1. The van der Waals surface area contributed by atoms with Crippen LogP contribution in [0.3, 0.4) is 0 Å². The summed E-state index contributed by atoms with van der Waals surface area (Å²) in [6, 6.07) is -1.05. The topological polar surface area (TPSA) is 99.1 Å². The molecule has 0 radical (unpaired) electrons. The van der Waals surface area contributed by atoms with Gasteiger partial charge in [-0.05, 0) is 6.92 Å². The second-order valence-electron chi connectivity index (χ2n) is 4.90. The van der Waals surface area contributed by atoms with E-state index in [0.29, 0.717) is 4.90 Å². The molecule has 1 amide bonds. The third-order valence-electron chi connectivity index (χ3n) is 3.42. The molecule has 1 N–H and O–H groups in total. The van der Waals surface area contributed by atoms with Gasteiger partial charge in [-0.2, -0.15) is 13.2 Å². The summed E-state index contributed by atoms with van der Waals surface area (Å²) in [5.41, 5.74) is 1.34. The van der Waals surface area contributed by atoms with Crippen LogP contribution in [0.25, 0.3) is 0 Å². The van der Waals surface area contributed by atoms with Gasteiger partial charge in [-0.25, -0.2) is 4.79 Å². The van der Waals surface area contributed by atoms with Crippen LogP contribution in [-0.2, 0) is 9.47 Å². The summed E-state index contributed by atoms with van der Waals surface area (Å²) in [6.45, 7) is -0.369. The van der Waals surface area contributed by atoms with Crippen LogP contribution in [-0.4, -0.2) is 54.4 Å². The average molecular weight is 365 g/mol. The lowest BCUT2D eigenvalue weighted by Gasteiger charge is -2.36. The van der Waals surface area contributed by atoms with E-state index in [1.165, 1.54) is 6.20 Å². The first-order valence-electron chi connectivity index (χ1n) is 6.87. The van der Waals surface area contributed by atoms with Gasteiger partial charge < -0.3 is 24.5 Å². The van der Waals surface area contributed by atoms with E-state index in [0.717, 1.165) is 24.8 Å². The van der Waals surface area contributed by atoms with Crippen molar-refractivity contribution in [3.63, 3.8) is 0 Å². The molecule has 2 rings (SSSR count). The SMILES string of the molecule is COC(=O)OCOc1c2n(ccc1=O)NCN([C@H](C)C(F)(F)F)C2=O. The molecule has 0 bridgehead atoms. The minimum Gasteiger partial charge on any atom is -0.451 e. The predicted molar refractivity (Wildman–Crippen MR) is 75.6 cm³/mol. The fourth-order valence-corrected chi connectivity index (χ4v) is 2.04. The molecule has 25 heavy (non-hydrogen) atoms. The maximum absolute atomic E-state index is 12.9. The molecule has 12 heteroatoms. The molecule has 0 fully saturated rings. The summed E-state index contributed by atoms with van der Waals surface area (Å²) in [5, 5.41) is 0. The molecule has 1 atom stereocenters. The number of ether oxygens (including phenoxy) is 3. The summed E-state index contributed by atoms with van der Waals surface area (Å²) in [4.78, 5) is 35.7. The molecule has 9 nitrogen and oxygen atoms in total. The molecular weight excluding hydrogens is 351 g/mol. The first-order chi connectivity index (χ1) is 11.7. The Morgan fingerprint density at radius 2 is 2.08 bits per heavy atom. The molecular formula is C13H14F3N3O6. The Kier molecular flexibility index (Phi) is 5.09. The lowest BCUT2D eigenvalue weighted by atomic mass is 10.2. The van der Waals surface area contributed by atoms with Gasteiger partial charge in [0.25, 0.3) is 5.91 Å². The fraction of sp³-hybridized carbons (Fsp3) is 0.462. The van der Waals surface area contributed by atoms with E-state index in [-0.39, 0.29) is 0 Å². The molecule has 0 spiro atoms. The zero-order chi connectivity index (χ0) is 18.8. The second kappa shape index (κ2) is 6.91. The Labute approximate surface area is 138 Å². The van der Waals surface area contributed by atoms with Crippen LogP contribution >= 0.6 is 0 Å². The number of carbonyl (C=O) groups is 2. The molecule has 1 aromatic rings. The first kappa shape index (κ1) is 18.4. The minimum absolute atomic E-state index is 0.423. The predicted octanol–water partition coefficient (Wildman–Crippen LogP) is 0.875. The number of rotatable bonds is 4. The van der Waals surface area contributed by atoms with Crippen LogP contribution < -0.4 is 15.6 Å². The van der Waals surface area contributed by atoms with E-state index in [9.17, 15) is 27.6 Å². The van der Waals surface area contributed by atoms with Crippen molar-refractivity contribution in [3.05, 3.63) is 28.2 Å². The molecule has 1 aromatic heterocycles. The normalized spacial score (nSPS) is 15.1. The number of fused-ring (bicyclic) bond motifs is 1. The molecule has 0 saturated carbocycles. The smallest absolute Gasteiger partial charge is 0.451 e. The monoisotopic (exact) mass is 365 g/mol. The number of nitrogens with one attached hydrogen (secondary N) is 1. The summed E-state index contributed by atoms with van der Waals surface area (Å²) < 4.78 is 53.4. The van der Waals surface area contributed by atoms with Crippen molar-refractivity contribution < 1.29 is 37.0 Å². The van der Waals surface area contributed by atoms with Crippen molar-refractivity contribution in [3.8, 4) is 5.75 Å². The highest BCUT2D eigenvalue weighted by Crippen LogP contribution is 2.28. The van der Waals surface area contributed by atoms with Gasteiger partial charge in [0.15, 0.2) is 5.69 Å². The minimum atomic E-state index is -4.65. The van der Waals surface area contributed by atoms with Crippen LogP contribution in [0.5, 0.6) is 5.75 Å². The van der Waals surface area contributed by atoms with Gasteiger partial charge in [0.1, 0.15) is 12.7 Å². The Morgan fingerprint density at radius 3 is 2.68 bits per heavy atom. The number of methoxy groups -OCH3 is 1. The van der Waals surface area contributed by atoms with Crippen LogP contribution in [0, 0.1) is 0 Å². The summed E-state index contributed by atoms with van der Waals surface area (Å²) in [5.74, 6) is -1.61. The zero-order valence-electron chi connectivity index (χ0n) is 13.1. The highest BCUT2D eigenvalue weighted by Gasteiger charge is 2.44. The molecule has 1 aliphatic heterocycles. The molecule has 0 aromatic carbocycles. The van der Waals surface area contributed by atoms with Gasteiger partial charge in [0.2, 0.25) is 18.0 Å². The number of halogens is 3. The van der Waals surface area contributed by atoms with Gasteiger partial charge in [-0.1, -0.05) is 0 Å². The Hall–Kier alpha value is -2.92. The number of aromatic nitrogens is 1. The van der Waals surface area contributed by atoms with Crippen molar-refractivity contribution in [1.82, 2.24) is 9.58 Å². The quantitative estimate of drug-likeness (QED) is 0.624. The molecule has 0 aliphatic carbocycles. The zero-order valence-corrected chi connectivity index (χ0v) is 13.1. The molecule has 0 unspecified atom stereocenters. The van der Waals surface area contributed by atoms with Gasteiger partial charge >= 0.3 is 12.3 Å². The van der Waals surface area contributed by atoms with Crippen LogP contribution in [0.2, 0.25) is 0 Å². The number of amides is 1. The highest BCUT2D eigenvalue weighted by atomic mass is 19.4. The number of carbonyl (C=O) groups excluding carboxylic acids is 2. The van der Waals surface area contributed by atoms with Crippen LogP contribution in [0.4, 0.5) is 18.0 Å². The highest BCUT2D eigenvalue weighted by molar-refractivity contribution is 5.96. The summed E-state index contributed by atoms with van der Waals surface area (Å²) in [7, 11) is 1.05. The average Bonchev–Trinajstić information content (AvgIpc) is 2.55. The van der Waals surface area contributed by atoms with Gasteiger partial charge in [-0.15, -0.1) is 0 Å². The number of hydrogen-bond acceptors (Lipinski definition) is 7. The molecule has 1 aliphatic rings. The van der Waals surface area contributed by atoms with Crippen molar-refractivity contribution in [2.75, 3.05) is 26.0 Å². The van der Waals surface area contributed by atoms with E-state index in [1.807, 2.05) is 0 Å². The standard InChI is InChI=1S/C13H14F3N3O6/c1-7(13(14,15)16)18-5-17-19-4-3-8(20)10(9(19)11(18)21)24-6-25-12(22)23-2/h3-4,7,17H,5-6H2,1-2H3/t7-/m1/s1. The van der Waals surface area contributed by atoms with E-state index in [4.69, 9.17) is 4.74 Å². The third kappa shape index (κ3) is 3.78.